The third-order valence-corrected chi connectivity index (χ3v) is 3.60. The number of nitrogens with one attached hydrogen (secondary N) is 1. The molecule has 0 saturated carbocycles. The van der Waals surface area contributed by atoms with Crippen LogP contribution in [0.2, 0.25) is 0 Å². The van der Waals surface area contributed by atoms with Gasteiger partial charge in [0.25, 0.3) is 0 Å². The second kappa shape index (κ2) is 6.49. The van der Waals surface area contributed by atoms with Gasteiger partial charge in [-0.05, 0) is 49.6 Å². The summed E-state index contributed by atoms with van der Waals surface area (Å²) in [7, 11) is 1.81. The Kier molecular flexibility index (Phi) is 5.62. The molecule has 1 N–H and O–H groups in total. The van der Waals surface area contributed by atoms with Crippen LogP contribution in [-0.2, 0) is 4.74 Å². The summed E-state index contributed by atoms with van der Waals surface area (Å²) in [5.74, 6) is 3.23. The molecule has 2 heteroatoms. The van der Waals surface area contributed by atoms with Gasteiger partial charge in [-0.15, -0.1) is 0 Å². The zero-order valence-corrected chi connectivity index (χ0v) is 10.8. The SMILES string of the molecule is COCC(C)C1CCNCC1CC(C)C. The third kappa shape index (κ3) is 4.12. The molecule has 3 unspecified atom stereocenters. The molecule has 1 rings (SSSR count). The maximum atomic E-state index is 5.29. The number of hydrogen-bond acceptors (Lipinski definition) is 2. The zero-order chi connectivity index (χ0) is 11.3. The van der Waals surface area contributed by atoms with E-state index in [-0.39, 0.29) is 0 Å². The topological polar surface area (TPSA) is 21.3 Å². The van der Waals surface area contributed by atoms with Crippen molar-refractivity contribution in [2.45, 2.75) is 33.6 Å². The molecule has 15 heavy (non-hydrogen) atoms. The Morgan fingerprint density at radius 2 is 2.07 bits per heavy atom. The number of piperidine rings is 1. The lowest BCUT2D eigenvalue weighted by Gasteiger charge is -2.37. The highest BCUT2D eigenvalue weighted by Gasteiger charge is 2.29. The van der Waals surface area contributed by atoms with Crippen LogP contribution < -0.4 is 5.32 Å². The van der Waals surface area contributed by atoms with Gasteiger partial charge in [0.15, 0.2) is 0 Å². The molecule has 1 aliphatic rings. The van der Waals surface area contributed by atoms with Crippen LogP contribution in [0.5, 0.6) is 0 Å². The van der Waals surface area contributed by atoms with Gasteiger partial charge in [-0.25, -0.2) is 0 Å². The van der Waals surface area contributed by atoms with E-state index in [1.807, 2.05) is 7.11 Å². The van der Waals surface area contributed by atoms with Crippen molar-refractivity contribution in [2.24, 2.45) is 23.7 Å². The highest BCUT2D eigenvalue weighted by Crippen LogP contribution is 2.31. The Bertz CT molecular complexity index is 170. The first kappa shape index (κ1) is 13.0. The van der Waals surface area contributed by atoms with Crippen LogP contribution in [0.4, 0.5) is 0 Å². The van der Waals surface area contributed by atoms with Gasteiger partial charge in [0.05, 0.1) is 0 Å². The maximum absolute atomic E-state index is 5.29. The summed E-state index contributed by atoms with van der Waals surface area (Å²) < 4.78 is 5.29. The lowest BCUT2D eigenvalue weighted by atomic mass is 9.75. The minimum Gasteiger partial charge on any atom is -0.384 e. The van der Waals surface area contributed by atoms with Crippen LogP contribution in [-0.4, -0.2) is 26.8 Å². The predicted octanol–water partition coefficient (Wildman–Crippen LogP) is 2.54. The Hall–Kier alpha value is -0.0800. The quantitative estimate of drug-likeness (QED) is 0.758. The summed E-state index contributed by atoms with van der Waals surface area (Å²) in [6, 6.07) is 0. The fraction of sp³-hybridized carbons (Fsp3) is 1.00. The molecule has 0 spiro atoms. The second-order valence-corrected chi connectivity index (χ2v) is 5.48. The summed E-state index contributed by atoms with van der Waals surface area (Å²) >= 11 is 0. The minimum atomic E-state index is 0.709. The highest BCUT2D eigenvalue weighted by molar-refractivity contribution is 4.82. The van der Waals surface area contributed by atoms with E-state index < -0.39 is 0 Å². The molecule has 1 heterocycles. The molecule has 0 amide bonds. The monoisotopic (exact) mass is 213 g/mol. The van der Waals surface area contributed by atoms with E-state index >= 15 is 0 Å². The van der Waals surface area contributed by atoms with Crippen molar-refractivity contribution in [1.29, 1.82) is 0 Å². The van der Waals surface area contributed by atoms with Gasteiger partial charge in [0.1, 0.15) is 0 Å². The van der Waals surface area contributed by atoms with Crippen LogP contribution in [0, 0.1) is 23.7 Å². The van der Waals surface area contributed by atoms with Gasteiger partial charge < -0.3 is 10.1 Å². The van der Waals surface area contributed by atoms with Crippen molar-refractivity contribution in [3.05, 3.63) is 0 Å². The lowest BCUT2D eigenvalue weighted by Crippen LogP contribution is -2.40. The summed E-state index contributed by atoms with van der Waals surface area (Å²) in [5, 5.41) is 3.53. The normalized spacial score (nSPS) is 29.4. The average molecular weight is 213 g/mol. The molecule has 1 fully saturated rings. The Morgan fingerprint density at radius 3 is 2.67 bits per heavy atom. The van der Waals surface area contributed by atoms with E-state index in [0.29, 0.717) is 5.92 Å². The van der Waals surface area contributed by atoms with Gasteiger partial charge in [0.2, 0.25) is 0 Å². The van der Waals surface area contributed by atoms with E-state index in [0.717, 1.165) is 24.4 Å². The molecule has 90 valence electrons. The molecule has 1 saturated heterocycles. The molecule has 2 nitrogen and oxygen atoms in total. The predicted molar refractivity (Wildman–Crippen MR) is 65.0 cm³/mol. The highest BCUT2D eigenvalue weighted by atomic mass is 16.5. The Morgan fingerprint density at radius 1 is 1.33 bits per heavy atom. The fourth-order valence-corrected chi connectivity index (χ4v) is 2.94. The first-order valence-electron chi connectivity index (χ1n) is 6.34. The van der Waals surface area contributed by atoms with Gasteiger partial charge in [-0.3, -0.25) is 0 Å². The maximum Gasteiger partial charge on any atom is 0.0490 e. The molecular weight excluding hydrogens is 186 g/mol. The molecule has 3 atom stereocenters. The molecule has 0 aromatic heterocycles. The average Bonchev–Trinajstić information content (AvgIpc) is 2.18. The van der Waals surface area contributed by atoms with Crippen LogP contribution in [0.15, 0.2) is 0 Å². The van der Waals surface area contributed by atoms with Crippen molar-refractivity contribution >= 4 is 0 Å². The standard InChI is InChI=1S/C13H27NO/c1-10(2)7-12-8-14-6-5-13(12)11(3)9-15-4/h10-14H,5-9H2,1-4H3. The lowest BCUT2D eigenvalue weighted by molar-refractivity contribution is 0.0822. The summed E-state index contributed by atoms with van der Waals surface area (Å²) in [6.07, 6.45) is 2.67. The first-order chi connectivity index (χ1) is 7.15. The molecule has 0 aromatic rings. The van der Waals surface area contributed by atoms with E-state index in [4.69, 9.17) is 4.74 Å². The molecule has 0 aromatic carbocycles. The largest absolute Gasteiger partial charge is 0.384 e. The van der Waals surface area contributed by atoms with Crippen molar-refractivity contribution in [2.75, 3.05) is 26.8 Å². The van der Waals surface area contributed by atoms with Crippen LogP contribution in [0.3, 0.4) is 0 Å². The number of methoxy groups -OCH3 is 1. The number of ether oxygens (including phenoxy) is 1. The zero-order valence-electron chi connectivity index (χ0n) is 10.8. The summed E-state index contributed by atoms with van der Waals surface area (Å²) in [4.78, 5) is 0. The molecule has 0 aliphatic carbocycles. The van der Waals surface area contributed by atoms with Crippen LogP contribution in [0.25, 0.3) is 0 Å². The smallest absolute Gasteiger partial charge is 0.0490 e. The fourth-order valence-electron chi connectivity index (χ4n) is 2.94. The Balaban J connectivity index is 2.48. The minimum absolute atomic E-state index is 0.709. The summed E-state index contributed by atoms with van der Waals surface area (Å²) in [6.45, 7) is 10.3. The van der Waals surface area contributed by atoms with Gasteiger partial charge >= 0.3 is 0 Å². The third-order valence-electron chi connectivity index (χ3n) is 3.60. The van der Waals surface area contributed by atoms with E-state index in [1.165, 1.54) is 25.9 Å². The summed E-state index contributed by atoms with van der Waals surface area (Å²) in [5.41, 5.74) is 0. The van der Waals surface area contributed by atoms with Gasteiger partial charge in [-0.1, -0.05) is 20.8 Å². The molecule has 1 aliphatic heterocycles. The molecule has 0 radical (unpaired) electrons. The van der Waals surface area contributed by atoms with Crippen molar-refractivity contribution in [1.82, 2.24) is 5.32 Å². The Labute approximate surface area is 94.8 Å². The van der Waals surface area contributed by atoms with Crippen LogP contribution in [0.1, 0.15) is 33.6 Å². The van der Waals surface area contributed by atoms with Crippen molar-refractivity contribution < 1.29 is 4.74 Å². The van der Waals surface area contributed by atoms with Crippen molar-refractivity contribution in [3.63, 3.8) is 0 Å². The molecular formula is C13H27NO. The van der Waals surface area contributed by atoms with Gasteiger partial charge in [-0.2, -0.15) is 0 Å². The second-order valence-electron chi connectivity index (χ2n) is 5.48. The van der Waals surface area contributed by atoms with E-state index in [9.17, 15) is 0 Å². The van der Waals surface area contributed by atoms with Crippen LogP contribution >= 0.6 is 0 Å². The van der Waals surface area contributed by atoms with Gasteiger partial charge in [0, 0.05) is 13.7 Å². The van der Waals surface area contributed by atoms with Crippen molar-refractivity contribution in [3.8, 4) is 0 Å². The number of rotatable bonds is 5. The molecule has 0 bridgehead atoms. The number of hydrogen-bond donors (Lipinski definition) is 1. The van der Waals surface area contributed by atoms with E-state index in [1.54, 1.807) is 0 Å². The van der Waals surface area contributed by atoms with E-state index in [2.05, 4.69) is 26.1 Å². The first-order valence-corrected chi connectivity index (χ1v) is 6.34.